The number of hydrogen-bond donors (Lipinski definition) is 4. The van der Waals surface area contributed by atoms with Crippen LogP contribution in [0.2, 0.25) is 0 Å². The van der Waals surface area contributed by atoms with Crippen LogP contribution in [0.4, 0.5) is 0 Å². The largest absolute Gasteiger partial charge is 0.508 e. The molecule has 0 aliphatic rings. The van der Waals surface area contributed by atoms with Gasteiger partial charge in [0.25, 0.3) is 0 Å². The van der Waals surface area contributed by atoms with Crippen LogP contribution in [-0.2, 0) is 4.79 Å². The van der Waals surface area contributed by atoms with Gasteiger partial charge in [-0.3, -0.25) is 4.79 Å². The monoisotopic (exact) mass is 426 g/mol. The van der Waals surface area contributed by atoms with E-state index in [1.165, 1.54) is 48.5 Å². The number of rotatable bonds is 6. The Morgan fingerprint density at radius 2 is 0.594 bits per heavy atom. The van der Waals surface area contributed by atoms with Crippen molar-refractivity contribution in [3.63, 3.8) is 0 Å². The molecule has 5 nitrogen and oxygen atoms in total. The van der Waals surface area contributed by atoms with Crippen LogP contribution >= 0.6 is 0 Å². The van der Waals surface area contributed by atoms with Crippen LogP contribution in [0, 0.1) is 0 Å². The maximum absolute atomic E-state index is 14.1. The highest BCUT2D eigenvalue weighted by Crippen LogP contribution is 2.37. The van der Waals surface area contributed by atoms with Crippen molar-refractivity contribution in [3.05, 3.63) is 119 Å². The molecule has 5 heteroatoms. The highest BCUT2D eigenvalue weighted by atomic mass is 16.3. The van der Waals surface area contributed by atoms with Crippen LogP contribution in [0.5, 0.6) is 23.0 Å². The van der Waals surface area contributed by atoms with Crippen molar-refractivity contribution in [1.82, 2.24) is 0 Å². The molecule has 0 fully saturated rings. The van der Waals surface area contributed by atoms with E-state index in [4.69, 9.17) is 0 Å². The molecule has 4 N–H and O–H groups in total. The maximum atomic E-state index is 14.1. The van der Waals surface area contributed by atoms with Crippen molar-refractivity contribution in [3.8, 4) is 23.0 Å². The Bertz CT molecular complexity index is 1010. The summed E-state index contributed by atoms with van der Waals surface area (Å²) in [5.41, 5.74) is 2.78. The summed E-state index contributed by atoms with van der Waals surface area (Å²) >= 11 is 0. The third kappa shape index (κ3) is 4.42. The van der Waals surface area contributed by atoms with E-state index in [2.05, 4.69) is 0 Å². The Labute approximate surface area is 185 Å². The van der Waals surface area contributed by atoms with Crippen LogP contribution in [0.1, 0.15) is 34.1 Å². The van der Waals surface area contributed by atoms with Crippen LogP contribution < -0.4 is 0 Å². The quantitative estimate of drug-likeness (QED) is 0.346. The third-order valence-electron chi connectivity index (χ3n) is 5.47. The molecule has 0 saturated carbocycles. The number of phenols is 4. The van der Waals surface area contributed by atoms with Gasteiger partial charge in [-0.2, -0.15) is 0 Å². The predicted molar refractivity (Wildman–Crippen MR) is 121 cm³/mol. The lowest BCUT2D eigenvalue weighted by atomic mass is 9.77. The lowest BCUT2D eigenvalue weighted by Gasteiger charge is -2.24. The second-order valence-corrected chi connectivity index (χ2v) is 7.63. The molecule has 0 aliphatic heterocycles. The zero-order chi connectivity index (χ0) is 22.7. The summed E-state index contributed by atoms with van der Waals surface area (Å²) in [5.74, 6) is -1.09. The Kier molecular flexibility index (Phi) is 5.81. The molecule has 160 valence electrons. The van der Waals surface area contributed by atoms with E-state index in [0.717, 1.165) is 0 Å². The van der Waals surface area contributed by atoms with Crippen LogP contribution in [0.3, 0.4) is 0 Å². The van der Waals surface area contributed by atoms with Gasteiger partial charge in [-0.05, 0) is 70.8 Å². The number of Topliss-reactive ketones (excluding diaryl/α,β-unsaturated/α-hetero) is 1. The summed E-state index contributed by atoms with van der Waals surface area (Å²) < 4.78 is 0. The molecular formula is C27H22O5. The van der Waals surface area contributed by atoms with Gasteiger partial charge in [0.2, 0.25) is 0 Å². The predicted octanol–water partition coefficient (Wildman–Crippen LogP) is 5.04. The first-order valence-corrected chi connectivity index (χ1v) is 10.1. The highest BCUT2D eigenvalue weighted by molar-refractivity contribution is 5.97. The number of carbonyl (C=O) groups is 1. The standard InChI is InChI=1S/C27H22O5/c28-21-9-1-17(2-10-21)25(18-3-11-22(29)12-4-18)27(32)26(19-5-13-23(30)14-6-19)20-7-15-24(31)16-8-20/h1-16,25-26,28-31H. The molecule has 4 rings (SSSR count). The molecule has 0 radical (unpaired) electrons. The van der Waals surface area contributed by atoms with E-state index in [-0.39, 0.29) is 28.8 Å². The first-order valence-electron chi connectivity index (χ1n) is 10.1. The fourth-order valence-corrected chi connectivity index (χ4v) is 3.88. The highest BCUT2D eigenvalue weighted by Gasteiger charge is 2.32. The minimum absolute atomic E-state index is 0.0966. The maximum Gasteiger partial charge on any atom is 0.156 e. The Hall–Kier alpha value is -4.25. The first-order chi connectivity index (χ1) is 15.4. The lowest BCUT2D eigenvalue weighted by Crippen LogP contribution is -2.23. The van der Waals surface area contributed by atoms with Crippen molar-refractivity contribution in [2.45, 2.75) is 11.8 Å². The van der Waals surface area contributed by atoms with E-state index in [1.54, 1.807) is 48.5 Å². The average Bonchev–Trinajstić information content (AvgIpc) is 2.79. The van der Waals surface area contributed by atoms with Gasteiger partial charge in [-0.1, -0.05) is 48.5 Å². The summed E-state index contributed by atoms with van der Waals surface area (Å²) in [4.78, 5) is 14.1. The number of aromatic hydroxyl groups is 4. The van der Waals surface area contributed by atoms with Crippen molar-refractivity contribution in [2.75, 3.05) is 0 Å². The minimum atomic E-state index is -0.677. The second-order valence-electron chi connectivity index (χ2n) is 7.63. The summed E-state index contributed by atoms with van der Waals surface area (Å²) in [6, 6.07) is 25.9. The lowest BCUT2D eigenvalue weighted by molar-refractivity contribution is -0.120. The molecule has 0 unspecified atom stereocenters. The Morgan fingerprint density at radius 1 is 0.406 bits per heavy atom. The summed E-state index contributed by atoms with van der Waals surface area (Å²) in [5, 5.41) is 38.9. The number of carbonyl (C=O) groups excluding carboxylic acids is 1. The van der Waals surface area contributed by atoms with Gasteiger partial charge >= 0.3 is 0 Å². The van der Waals surface area contributed by atoms with Crippen molar-refractivity contribution < 1.29 is 25.2 Å². The van der Waals surface area contributed by atoms with Crippen LogP contribution in [0.15, 0.2) is 97.1 Å². The Balaban J connectivity index is 1.87. The fourth-order valence-electron chi connectivity index (χ4n) is 3.88. The second kappa shape index (κ2) is 8.86. The molecular weight excluding hydrogens is 404 g/mol. The summed E-state index contributed by atoms with van der Waals surface area (Å²) in [6.45, 7) is 0. The van der Waals surface area contributed by atoms with Crippen molar-refractivity contribution in [2.24, 2.45) is 0 Å². The average molecular weight is 426 g/mol. The SMILES string of the molecule is O=C(C(c1ccc(O)cc1)c1ccc(O)cc1)C(c1ccc(O)cc1)c1ccc(O)cc1. The number of hydrogen-bond acceptors (Lipinski definition) is 5. The fraction of sp³-hybridized carbons (Fsp3) is 0.0741. The zero-order valence-electron chi connectivity index (χ0n) is 17.1. The minimum Gasteiger partial charge on any atom is -0.508 e. The molecule has 0 atom stereocenters. The molecule has 4 aromatic carbocycles. The number of benzene rings is 4. The van der Waals surface area contributed by atoms with Crippen LogP contribution in [0.25, 0.3) is 0 Å². The number of ketones is 1. The smallest absolute Gasteiger partial charge is 0.156 e. The van der Waals surface area contributed by atoms with E-state index in [1.807, 2.05) is 0 Å². The van der Waals surface area contributed by atoms with Gasteiger partial charge in [0.05, 0.1) is 11.8 Å². The van der Waals surface area contributed by atoms with Gasteiger partial charge in [-0.25, -0.2) is 0 Å². The molecule has 0 amide bonds. The van der Waals surface area contributed by atoms with Gasteiger partial charge in [-0.15, -0.1) is 0 Å². The molecule has 0 bridgehead atoms. The summed E-state index contributed by atoms with van der Waals surface area (Å²) in [7, 11) is 0. The van der Waals surface area contributed by atoms with E-state index in [0.29, 0.717) is 22.3 Å². The number of phenolic OH excluding ortho intramolecular Hbond substituents is 4. The van der Waals surface area contributed by atoms with Crippen LogP contribution in [-0.4, -0.2) is 26.2 Å². The topological polar surface area (TPSA) is 98.0 Å². The molecule has 0 heterocycles. The van der Waals surface area contributed by atoms with E-state index >= 15 is 0 Å². The van der Waals surface area contributed by atoms with Gasteiger partial charge in [0.15, 0.2) is 5.78 Å². The third-order valence-corrected chi connectivity index (χ3v) is 5.47. The molecule has 0 spiro atoms. The Morgan fingerprint density at radius 3 is 0.781 bits per heavy atom. The van der Waals surface area contributed by atoms with E-state index in [9.17, 15) is 25.2 Å². The van der Waals surface area contributed by atoms with E-state index < -0.39 is 11.8 Å². The first kappa shape index (κ1) is 21.0. The van der Waals surface area contributed by atoms with Gasteiger partial charge in [0.1, 0.15) is 23.0 Å². The molecule has 0 aliphatic carbocycles. The summed E-state index contributed by atoms with van der Waals surface area (Å²) in [6.07, 6.45) is 0. The zero-order valence-corrected chi connectivity index (χ0v) is 17.1. The van der Waals surface area contributed by atoms with Gasteiger partial charge < -0.3 is 20.4 Å². The van der Waals surface area contributed by atoms with Gasteiger partial charge in [0, 0.05) is 0 Å². The van der Waals surface area contributed by atoms with Crippen molar-refractivity contribution >= 4 is 5.78 Å². The molecule has 4 aromatic rings. The molecule has 32 heavy (non-hydrogen) atoms. The normalized spacial score (nSPS) is 11.1. The molecule has 0 saturated heterocycles. The molecule has 0 aromatic heterocycles. The van der Waals surface area contributed by atoms with Crippen molar-refractivity contribution in [1.29, 1.82) is 0 Å².